The molecule has 1 amide bonds. The summed E-state index contributed by atoms with van der Waals surface area (Å²) >= 11 is 0. The molecule has 0 saturated carbocycles. The van der Waals surface area contributed by atoms with Gasteiger partial charge in [-0.3, -0.25) is 9.69 Å². The van der Waals surface area contributed by atoms with Crippen molar-refractivity contribution in [1.82, 2.24) is 9.80 Å². The van der Waals surface area contributed by atoms with Gasteiger partial charge in [-0.15, -0.1) is 0 Å². The van der Waals surface area contributed by atoms with Gasteiger partial charge in [-0.05, 0) is 51.1 Å². The SMILES string of the molecule is CN(CC(=O)N(Cc1ccccc1)C(C)(C)C)Cc1ccc(OC(F)F)cc1. The predicted molar refractivity (Wildman–Crippen MR) is 106 cm³/mol. The summed E-state index contributed by atoms with van der Waals surface area (Å²) in [5.41, 5.74) is 1.70. The third kappa shape index (κ3) is 6.93. The van der Waals surface area contributed by atoms with E-state index in [1.54, 1.807) is 12.1 Å². The maximum Gasteiger partial charge on any atom is 0.387 e. The Morgan fingerprint density at radius 2 is 1.54 bits per heavy atom. The smallest absolute Gasteiger partial charge is 0.387 e. The van der Waals surface area contributed by atoms with E-state index in [2.05, 4.69) is 4.74 Å². The molecular formula is C22H28F2N2O2. The van der Waals surface area contributed by atoms with E-state index in [1.807, 2.05) is 68.0 Å². The van der Waals surface area contributed by atoms with Crippen LogP contribution in [-0.4, -0.2) is 41.4 Å². The molecule has 0 radical (unpaired) electrons. The van der Waals surface area contributed by atoms with Crippen molar-refractivity contribution in [3.8, 4) is 5.75 Å². The molecule has 0 unspecified atom stereocenters. The Labute approximate surface area is 165 Å². The zero-order valence-electron chi connectivity index (χ0n) is 16.9. The third-order valence-corrected chi connectivity index (χ3v) is 4.30. The molecule has 2 aromatic rings. The van der Waals surface area contributed by atoms with Crippen LogP contribution in [0.15, 0.2) is 54.6 Å². The quantitative estimate of drug-likeness (QED) is 0.663. The lowest BCUT2D eigenvalue weighted by Gasteiger charge is -2.37. The van der Waals surface area contributed by atoms with E-state index in [0.29, 0.717) is 13.1 Å². The molecule has 0 N–H and O–H groups in total. The van der Waals surface area contributed by atoms with Gasteiger partial charge >= 0.3 is 6.61 Å². The van der Waals surface area contributed by atoms with E-state index in [0.717, 1.165) is 11.1 Å². The van der Waals surface area contributed by atoms with Crippen LogP contribution in [0.25, 0.3) is 0 Å². The van der Waals surface area contributed by atoms with E-state index in [1.165, 1.54) is 12.1 Å². The molecule has 0 fully saturated rings. The van der Waals surface area contributed by atoms with Crippen LogP contribution >= 0.6 is 0 Å². The molecule has 4 nitrogen and oxygen atoms in total. The van der Waals surface area contributed by atoms with Gasteiger partial charge in [0.15, 0.2) is 0 Å². The number of carbonyl (C=O) groups is 1. The lowest BCUT2D eigenvalue weighted by molar-refractivity contribution is -0.137. The van der Waals surface area contributed by atoms with Crippen LogP contribution in [0.2, 0.25) is 0 Å². The van der Waals surface area contributed by atoms with Gasteiger partial charge in [0, 0.05) is 18.6 Å². The standard InChI is InChI=1S/C22H28F2N2O2/c1-22(2,3)26(15-17-8-6-5-7-9-17)20(27)16-25(4)14-18-10-12-19(13-11-18)28-21(23)24/h5-13,21H,14-16H2,1-4H3. The second-order valence-corrected chi connectivity index (χ2v) is 7.83. The number of benzene rings is 2. The van der Waals surface area contributed by atoms with Crippen LogP contribution in [0.3, 0.4) is 0 Å². The molecule has 0 aliphatic heterocycles. The average Bonchev–Trinajstić information content (AvgIpc) is 2.60. The summed E-state index contributed by atoms with van der Waals surface area (Å²) in [7, 11) is 1.87. The minimum Gasteiger partial charge on any atom is -0.435 e. The Hall–Kier alpha value is -2.47. The second-order valence-electron chi connectivity index (χ2n) is 7.83. The number of likely N-dealkylation sites (N-methyl/N-ethyl adjacent to an activating group) is 1. The molecule has 0 aliphatic carbocycles. The summed E-state index contributed by atoms with van der Waals surface area (Å²) in [4.78, 5) is 16.7. The molecule has 0 aromatic heterocycles. The Bertz CT molecular complexity index is 743. The maximum atomic E-state index is 13.0. The van der Waals surface area contributed by atoms with Gasteiger partial charge in [-0.2, -0.15) is 8.78 Å². The molecule has 0 saturated heterocycles. The van der Waals surface area contributed by atoms with E-state index in [9.17, 15) is 13.6 Å². The summed E-state index contributed by atoms with van der Waals surface area (Å²) < 4.78 is 28.8. The first-order valence-electron chi connectivity index (χ1n) is 9.22. The van der Waals surface area contributed by atoms with Crippen molar-refractivity contribution in [3.63, 3.8) is 0 Å². The molecule has 0 bridgehead atoms. The largest absolute Gasteiger partial charge is 0.435 e. The van der Waals surface area contributed by atoms with Gasteiger partial charge < -0.3 is 9.64 Å². The van der Waals surface area contributed by atoms with Crippen LogP contribution < -0.4 is 4.74 Å². The minimum atomic E-state index is -2.83. The summed E-state index contributed by atoms with van der Waals surface area (Å²) in [6.45, 7) is 4.58. The van der Waals surface area contributed by atoms with Crippen molar-refractivity contribution in [2.75, 3.05) is 13.6 Å². The Morgan fingerprint density at radius 3 is 2.07 bits per heavy atom. The fraction of sp³-hybridized carbons (Fsp3) is 0.409. The number of hydrogen-bond donors (Lipinski definition) is 0. The Balaban J connectivity index is 1.98. The number of rotatable bonds is 8. The van der Waals surface area contributed by atoms with Gasteiger partial charge in [0.1, 0.15) is 5.75 Å². The van der Waals surface area contributed by atoms with Crippen LogP contribution in [0, 0.1) is 0 Å². The molecule has 0 aliphatic rings. The molecule has 28 heavy (non-hydrogen) atoms. The van der Waals surface area contributed by atoms with Crippen molar-refractivity contribution in [3.05, 3.63) is 65.7 Å². The molecule has 0 atom stereocenters. The number of hydrogen-bond acceptors (Lipinski definition) is 3. The number of amides is 1. The minimum absolute atomic E-state index is 0.0384. The van der Waals surface area contributed by atoms with E-state index in [-0.39, 0.29) is 23.7 Å². The van der Waals surface area contributed by atoms with Crippen LogP contribution in [0.1, 0.15) is 31.9 Å². The fourth-order valence-corrected chi connectivity index (χ4v) is 2.93. The molecule has 6 heteroatoms. The van der Waals surface area contributed by atoms with E-state index in [4.69, 9.17) is 0 Å². The van der Waals surface area contributed by atoms with Crippen molar-refractivity contribution >= 4 is 5.91 Å². The lowest BCUT2D eigenvalue weighted by Crippen LogP contribution is -2.48. The normalized spacial score (nSPS) is 11.7. The van der Waals surface area contributed by atoms with E-state index >= 15 is 0 Å². The van der Waals surface area contributed by atoms with Crippen molar-refractivity contribution in [1.29, 1.82) is 0 Å². The fourth-order valence-electron chi connectivity index (χ4n) is 2.93. The zero-order chi connectivity index (χ0) is 20.7. The number of carbonyl (C=O) groups excluding carboxylic acids is 1. The highest BCUT2D eigenvalue weighted by Gasteiger charge is 2.27. The summed E-state index contributed by atoms with van der Waals surface area (Å²) in [5, 5.41) is 0. The first kappa shape index (κ1) is 21.8. The summed E-state index contributed by atoms with van der Waals surface area (Å²) in [6.07, 6.45) is 0. The molecular weight excluding hydrogens is 362 g/mol. The average molecular weight is 390 g/mol. The Morgan fingerprint density at radius 1 is 0.964 bits per heavy atom. The van der Waals surface area contributed by atoms with Gasteiger partial charge in [-0.1, -0.05) is 42.5 Å². The van der Waals surface area contributed by atoms with Crippen molar-refractivity contribution in [2.24, 2.45) is 0 Å². The molecule has 152 valence electrons. The van der Waals surface area contributed by atoms with Gasteiger partial charge in [0.05, 0.1) is 6.54 Å². The zero-order valence-corrected chi connectivity index (χ0v) is 16.9. The van der Waals surface area contributed by atoms with E-state index < -0.39 is 6.61 Å². The number of halogens is 2. The second kappa shape index (κ2) is 9.64. The van der Waals surface area contributed by atoms with Crippen LogP contribution in [0.5, 0.6) is 5.75 Å². The molecule has 2 rings (SSSR count). The van der Waals surface area contributed by atoms with Gasteiger partial charge in [0.25, 0.3) is 0 Å². The highest BCUT2D eigenvalue weighted by atomic mass is 19.3. The summed E-state index contributed by atoms with van der Waals surface area (Å²) in [6, 6.07) is 16.4. The lowest BCUT2D eigenvalue weighted by atomic mass is 10.0. The first-order valence-corrected chi connectivity index (χ1v) is 9.22. The third-order valence-electron chi connectivity index (χ3n) is 4.30. The highest BCUT2D eigenvalue weighted by molar-refractivity contribution is 5.79. The highest BCUT2D eigenvalue weighted by Crippen LogP contribution is 2.19. The predicted octanol–water partition coefficient (Wildman–Crippen LogP) is 4.55. The van der Waals surface area contributed by atoms with Crippen LogP contribution in [0.4, 0.5) is 8.78 Å². The summed E-state index contributed by atoms with van der Waals surface area (Å²) in [5.74, 6) is 0.163. The monoisotopic (exact) mass is 390 g/mol. The topological polar surface area (TPSA) is 32.8 Å². The molecule has 2 aromatic carbocycles. The van der Waals surface area contributed by atoms with Crippen molar-refractivity contribution < 1.29 is 18.3 Å². The van der Waals surface area contributed by atoms with Crippen molar-refractivity contribution in [2.45, 2.75) is 46.0 Å². The Kier molecular flexibility index (Phi) is 7.52. The first-order chi connectivity index (χ1) is 13.1. The maximum absolute atomic E-state index is 13.0. The molecule has 0 spiro atoms. The number of nitrogens with zero attached hydrogens (tertiary/aromatic N) is 2. The molecule has 0 heterocycles. The van der Waals surface area contributed by atoms with Crippen LogP contribution in [-0.2, 0) is 17.9 Å². The van der Waals surface area contributed by atoms with Gasteiger partial charge in [0.2, 0.25) is 5.91 Å². The van der Waals surface area contributed by atoms with Gasteiger partial charge in [-0.25, -0.2) is 0 Å². The number of alkyl halides is 2. The number of ether oxygens (including phenoxy) is 1.